The largest absolute Gasteiger partial charge is 0.454 e. The third kappa shape index (κ3) is 1.05. The minimum absolute atomic E-state index is 0.265. The fourth-order valence-corrected chi connectivity index (χ4v) is 1.86. The van der Waals surface area contributed by atoms with Gasteiger partial charge >= 0.3 is 0 Å². The Balaban J connectivity index is 2.35. The maximum atomic E-state index is 10.8. The van der Waals surface area contributed by atoms with Crippen LogP contribution in [0.2, 0.25) is 0 Å². The van der Waals surface area contributed by atoms with Crippen molar-refractivity contribution >= 4 is 17.2 Å². The van der Waals surface area contributed by atoms with E-state index in [1.807, 2.05) is 19.1 Å². The molecule has 1 aliphatic rings. The number of aldehydes is 1. The molecule has 4 nitrogen and oxygen atoms in total. The van der Waals surface area contributed by atoms with Crippen LogP contribution in [0.3, 0.4) is 0 Å². The van der Waals surface area contributed by atoms with Crippen molar-refractivity contribution in [1.82, 2.24) is 4.98 Å². The number of nitrogens with one attached hydrogen (secondary N) is 1. The summed E-state index contributed by atoms with van der Waals surface area (Å²) in [5.74, 6) is 1.46. The lowest BCUT2D eigenvalue weighted by Crippen LogP contribution is -1.92. The second-order valence-electron chi connectivity index (χ2n) is 3.53. The van der Waals surface area contributed by atoms with Crippen molar-refractivity contribution in [2.45, 2.75) is 6.92 Å². The van der Waals surface area contributed by atoms with Crippen molar-refractivity contribution < 1.29 is 14.3 Å². The molecule has 0 saturated heterocycles. The molecule has 0 amide bonds. The number of rotatable bonds is 1. The predicted molar refractivity (Wildman–Crippen MR) is 54.5 cm³/mol. The van der Waals surface area contributed by atoms with E-state index in [1.54, 1.807) is 0 Å². The predicted octanol–water partition coefficient (Wildman–Crippen LogP) is 2.02. The molecular formula is C11H9NO3. The van der Waals surface area contributed by atoms with Crippen LogP contribution in [0, 0.1) is 6.92 Å². The van der Waals surface area contributed by atoms with Crippen molar-refractivity contribution in [3.8, 4) is 11.5 Å². The first kappa shape index (κ1) is 8.35. The fourth-order valence-electron chi connectivity index (χ4n) is 1.86. The second-order valence-corrected chi connectivity index (χ2v) is 3.53. The molecule has 0 fully saturated rings. The number of ether oxygens (including phenoxy) is 2. The Morgan fingerprint density at radius 2 is 2.07 bits per heavy atom. The summed E-state index contributed by atoms with van der Waals surface area (Å²) >= 11 is 0. The molecule has 0 bridgehead atoms. The third-order valence-electron chi connectivity index (χ3n) is 2.71. The lowest BCUT2D eigenvalue weighted by atomic mass is 10.1. The Bertz CT molecular complexity index is 556. The molecule has 1 aliphatic heterocycles. The molecule has 1 N–H and O–H groups in total. The molecule has 0 radical (unpaired) electrons. The van der Waals surface area contributed by atoms with Gasteiger partial charge in [0.25, 0.3) is 0 Å². The van der Waals surface area contributed by atoms with E-state index in [2.05, 4.69) is 4.98 Å². The van der Waals surface area contributed by atoms with Gasteiger partial charge in [-0.15, -0.1) is 0 Å². The molecule has 0 saturated carbocycles. The highest BCUT2D eigenvalue weighted by Gasteiger charge is 2.17. The van der Waals surface area contributed by atoms with Crippen molar-refractivity contribution in [2.24, 2.45) is 0 Å². The Kier molecular flexibility index (Phi) is 1.54. The third-order valence-corrected chi connectivity index (χ3v) is 2.71. The van der Waals surface area contributed by atoms with Crippen LogP contribution in [0.4, 0.5) is 0 Å². The van der Waals surface area contributed by atoms with Gasteiger partial charge in [0, 0.05) is 11.5 Å². The Morgan fingerprint density at radius 3 is 2.80 bits per heavy atom. The summed E-state index contributed by atoms with van der Waals surface area (Å²) in [6.45, 7) is 2.17. The molecule has 0 unspecified atom stereocenters. The molecule has 2 heterocycles. The summed E-state index contributed by atoms with van der Waals surface area (Å²) in [7, 11) is 0. The zero-order chi connectivity index (χ0) is 10.4. The molecule has 0 atom stereocenters. The van der Waals surface area contributed by atoms with Gasteiger partial charge in [-0.3, -0.25) is 4.79 Å². The maximum Gasteiger partial charge on any atom is 0.231 e. The normalized spacial score (nSPS) is 13.4. The lowest BCUT2D eigenvalue weighted by molar-refractivity contribution is 0.111. The maximum absolute atomic E-state index is 10.8. The number of aryl methyl sites for hydroxylation is 1. The summed E-state index contributed by atoms with van der Waals surface area (Å²) in [4.78, 5) is 13.8. The smallest absolute Gasteiger partial charge is 0.231 e. The van der Waals surface area contributed by atoms with E-state index in [9.17, 15) is 4.79 Å². The second kappa shape index (κ2) is 2.76. The summed E-state index contributed by atoms with van der Waals surface area (Å²) in [6, 6.07) is 3.76. The average molecular weight is 203 g/mol. The van der Waals surface area contributed by atoms with Crippen LogP contribution in [0.1, 0.15) is 16.1 Å². The van der Waals surface area contributed by atoms with Gasteiger partial charge in [-0.2, -0.15) is 0 Å². The van der Waals surface area contributed by atoms with Crippen molar-refractivity contribution in [3.63, 3.8) is 0 Å². The zero-order valence-electron chi connectivity index (χ0n) is 8.16. The van der Waals surface area contributed by atoms with Gasteiger partial charge in [0.15, 0.2) is 17.8 Å². The van der Waals surface area contributed by atoms with Crippen molar-refractivity contribution in [3.05, 3.63) is 23.4 Å². The van der Waals surface area contributed by atoms with Gasteiger partial charge in [0.1, 0.15) is 0 Å². The van der Waals surface area contributed by atoms with Gasteiger partial charge in [0.2, 0.25) is 6.79 Å². The number of hydrogen-bond donors (Lipinski definition) is 1. The minimum atomic E-state index is 0.265. The number of hydrogen-bond acceptors (Lipinski definition) is 3. The van der Waals surface area contributed by atoms with Gasteiger partial charge in [-0.1, -0.05) is 0 Å². The molecule has 76 valence electrons. The topological polar surface area (TPSA) is 51.3 Å². The molecule has 3 rings (SSSR count). The number of carbonyl (C=O) groups excluding carboxylic acids is 1. The first-order valence-corrected chi connectivity index (χ1v) is 4.66. The van der Waals surface area contributed by atoms with E-state index < -0.39 is 0 Å². The van der Waals surface area contributed by atoms with E-state index in [-0.39, 0.29) is 6.79 Å². The van der Waals surface area contributed by atoms with Crippen LogP contribution in [0.5, 0.6) is 11.5 Å². The number of H-pyrrole nitrogens is 1. The van der Waals surface area contributed by atoms with E-state index in [4.69, 9.17) is 9.47 Å². The Hall–Kier alpha value is -1.97. The first-order chi connectivity index (χ1) is 7.29. The number of aromatic nitrogens is 1. The number of benzene rings is 1. The molecule has 15 heavy (non-hydrogen) atoms. The first-order valence-electron chi connectivity index (χ1n) is 4.66. The van der Waals surface area contributed by atoms with Crippen LogP contribution in [-0.4, -0.2) is 18.1 Å². The molecule has 0 spiro atoms. The summed E-state index contributed by atoms with van der Waals surface area (Å²) < 4.78 is 10.5. The summed E-state index contributed by atoms with van der Waals surface area (Å²) in [5.41, 5.74) is 2.45. The molecule has 1 aromatic heterocycles. The number of fused-ring (bicyclic) bond motifs is 2. The SMILES string of the molecule is Cc1c(C=O)[nH]c2cc3c(cc12)OCO3. The van der Waals surface area contributed by atoms with Gasteiger partial charge in [-0.05, 0) is 18.6 Å². The average Bonchev–Trinajstić information content (AvgIpc) is 2.80. The van der Waals surface area contributed by atoms with Crippen LogP contribution in [-0.2, 0) is 0 Å². The van der Waals surface area contributed by atoms with Crippen LogP contribution in [0.15, 0.2) is 12.1 Å². The number of carbonyl (C=O) groups is 1. The quantitative estimate of drug-likeness (QED) is 0.721. The van der Waals surface area contributed by atoms with Crippen molar-refractivity contribution in [2.75, 3.05) is 6.79 Å². The van der Waals surface area contributed by atoms with Crippen LogP contribution < -0.4 is 9.47 Å². The molecule has 1 aromatic carbocycles. The molecule has 4 heteroatoms. The highest BCUT2D eigenvalue weighted by Crippen LogP contribution is 2.37. The Labute approximate surface area is 85.8 Å². The minimum Gasteiger partial charge on any atom is -0.454 e. The zero-order valence-corrected chi connectivity index (χ0v) is 8.16. The molecule has 0 aliphatic carbocycles. The van der Waals surface area contributed by atoms with E-state index >= 15 is 0 Å². The van der Waals surface area contributed by atoms with E-state index in [1.165, 1.54) is 0 Å². The standard InChI is InChI=1S/C11H9NO3/c1-6-7-2-10-11(15-5-14-10)3-8(7)12-9(6)4-13/h2-4,12H,5H2,1H3. The van der Waals surface area contributed by atoms with Gasteiger partial charge < -0.3 is 14.5 Å². The van der Waals surface area contributed by atoms with Crippen LogP contribution in [0.25, 0.3) is 10.9 Å². The lowest BCUT2D eigenvalue weighted by Gasteiger charge is -1.96. The van der Waals surface area contributed by atoms with E-state index in [0.29, 0.717) is 5.69 Å². The molecular weight excluding hydrogens is 194 g/mol. The van der Waals surface area contributed by atoms with Gasteiger partial charge in [-0.25, -0.2) is 0 Å². The highest BCUT2D eigenvalue weighted by atomic mass is 16.7. The van der Waals surface area contributed by atoms with Gasteiger partial charge in [0.05, 0.1) is 11.2 Å². The van der Waals surface area contributed by atoms with E-state index in [0.717, 1.165) is 34.3 Å². The summed E-state index contributed by atoms with van der Waals surface area (Å²) in [6.07, 6.45) is 0.822. The summed E-state index contributed by atoms with van der Waals surface area (Å²) in [5, 5.41) is 1.00. The highest BCUT2D eigenvalue weighted by molar-refractivity contribution is 5.93. The fraction of sp³-hybridized carbons (Fsp3) is 0.182. The Morgan fingerprint density at radius 1 is 1.33 bits per heavy atom. The molecule has 2 aromatic rings. The number of aromatic amines is 1. The van der Waals surface area contributed by atoms with Crippen LogP contribution >= 0.6 is 0 Å². The van der Waals surface area contributed by atoms with Crippen molar-refractivity contribution in [1.29, 1.82) is 0 Å². The monoisotopic (exact) mass is 203 g/mol.